The van der Waals surface area contributed by atoms with E-state index in [0.717, 1.165) is 5.56 Å². The van der Waals surface area contributed by atoms with E-state index in [2.05, 4.69) is 5.32 Å². The van der Waals surface area contributed by atoms with Gasteiger partial charge in [-0.15, -0.1) is 0 Å². The molecule has 0 saturated heterocycles. The van der Waals surface area contributed by atoms with E-state index in [0.29, 0.717) is 5.56 Å². The number of nitrogens with one attached hydrogen (secondary N) is 1. The average Bonchev–Trinajstić information content (AvgIpc) is 2.40. The molecule has 2 rings (SSSR count). The van der Waals surface area contributed by atoms with Crippen LogP contribution in [-0.4, -0.2) is 5.91 Å². The fourth-order valence-electron chi connectivity index (χ4n) is 1.73. The summed E-state index contributed by atoms with van der Waals surface area (Å²) in [6, 6.07) is 8.53. The number of carbonyl (C=O) groups is 1. The number of halogens is 3. The second-order valence-corrected chi connectivity index (χ2v) is 4.82. The maximum Gasteiger partial charge on any atom is 0.254 e. The fraction of sp³-hybridized carbons (Fsp3) is 0.133. The maximum absolute atomic E-state index is 13.6. The molecule has 0 radical (unpaired) electrons. The van der Waals surface area contributed by atoms with Crippen molar-refractivity contribution in [3.63, 3.8) is 0 Å². The summed E-state index contributed by atoms with van der Waals surface area (Å²) in [6.07, 6.45) is 0. The third-order valence-corrected chi connectivity index (χ3v) is 3.10. The van der Waals surface area contributed by atoms with Gasteiger partial charge in [0.15, 0.2) is 0 Å². The Morgan fingerprint density at radius 3 is 2.55 bits per heavy atom. The van der Waals surface area contributed by atoms with Crippen molar-refractivity contribution in [3.8, 4) is 0 Å². The van der Waals surface area contributed by atoms with Gasteiger partial charge in [-0.1, -0.05) is 23.7 Å². The zero-order valence-corrected chi connectivity index (χ0v) is 11.5. The fourth-order valence-corrected chi connectivity index (χ4v) is 1.93. The van der Waals surface area contributed by atoms with Crippen molar-refractivity contribution in [3.05, 3.63) is 69.7 Å². The van der Waals surface area contributed by atoms with Crippen LogP contribution in [0.3, 0.4) is 0 Å². The molecular weight excluding hydrogens is 284 g/mol. The summed E-state index contributed by atoms with van der Waals surface area (Å²) in [5.41, 5.74) is 1.35. The summed E-state index contributed by atoms with van der Waals surface area (Å²) in [6.45, 7) is 1.89. The van der Waals surface area contributed by atoms with Crippen LogP contribution in [0.2, 0.25) is 5.02 Å². The van der Waals surface area contributed by atoms with Gasteiger partial charge in [-0.2, -0.15) is 0 Å². The van der Waals surface area contributed by atoms with E-state index in [4.69, 9.17) is 11.6 Å². The van der Waals surface area contributed by atoms with Gasteiger partial charge in [0.2, 0.25) is 0 Å². The monoisotopic (exact) mass is 295 g/mol. The summed E-state index contributed by atoms with van der Waals surface area (Å²) in [5.74, 6) is -1.62. The largest absolute Gasteiger partial charge is 0.348 e. The number of hydrogen-bond donors (Lipinski definition) is 1. The first-order chi connectivity index (χ1) is 9.47. The minimum absolute atomic E-state index is 0.0155. The first-order valence-corrected chi connectivity index (χ1v) is 6.33. The van der Waals surface area contributed by atoms with Crippen molar-refractivity contribution >= 4 is 17.5 Å². The highest BCUT2D eigenvalue weighted by Gasteiger charge is 2.11. The Bertz CT molecular complexity index is 658. The molecule has 2 aromatic rings. The van der Waals surface area contributed by atoms with Crippen LogP contribution in [0, 0.1) is 18.6 Å². The molecule has 104 valence electrons. The van der Waals surface area contributed by atoms with Crippen molar-refractivity contribution in [2.45, 2.75) is 13.5 Å². The van der Waals surface area contributed by atoms with Crippen molar-refractivity contribution in [2.75, 3.05) is 0 Å². The lowest BCUT2D eigenvalue weighted by atomic mass is 10.1. The zero-order valence-electron chi connectivity index (χ0n) is 10.7. The minimum Gasteiger partial charge on any atom is -0.348 e. The van der Waals surface area contributed by atoms with Crippen LogP contribution in [0.1, 0.15) is 21.5 Å². The SMILES string of the molecule is Cc1ccc(C(=O)NCc2ccc(F)c(Cl)c2)c(F)c1. The van der Waals surface area contributed by atoms with E-state index < -0.39 is 17.5 Å². The van der Waals surface area contributed by atoms with Gasteiger partial charge in [0.05, 0.1) is 10.6 Å². The molecule has 0 heterocycles. The highest BCUT2D eigenvalue weighted by molar-refractivity contribution is 6.30. The van der Waals surface area contributed by atoms with Gasteiger partial charge < -0.3 is 5.32 Å². The third-order valence-electron chi connectivity index (χ3n) is 2.81. The molecule has 5 heteroatoms. The number of hydrogen-bond acceptors (Lipinski definition) is 1. The van der Waals surface area contributed by atoms with Gasteiger partial charge in [-0.05, 0) is 42.3 Å². The Morgan fingerprint density at radius 2 is 1.90 bits per heavy atom. The van der Waals surface area contributed by atoms with E-state index in [9.17, 15) is 13.6 Å². The van der Waals surface area contributed by atoms with Crippen molar-refractivity contribution in [2.24, 2.45) is 0 Å². The van der Waals surface area contributed by atoms with Crippen LogP contribution in [0.25, 0.3) is 0 Å². The Morgan fingerprint density at radius 1 is 1.15 bits per heavy atom. The lowest BCUT2D eigenvalue weighted by Crippen LogP contribution is -2.23. The molecule has 20 heavy (non-hydrogen) atoms. The van der Waals surface area contributed by atoms with Crippen molar-refractivity contribution in [1.29, 1.82) is 0 Å². The molecule has 2 aromatic carbocycles. The Hall–Kier alpha value is -1.94. The molecule has 0 aromatic heterocycles. The van der Waals surface area contributed by atoms with Crippen molar-refractivity contribution < 1.29 is 13.6 Å². The highest BCUT2D eigenvalue weighted by atomic mass is 35.5. The van der Waals surface area contributed by atoms with Gasteiger partial charge in [0, 0.05) is 6.54 Å². The summed E-state index contributed by atoms with van der Waals surface area (Å²) < 4.78 is 26.6. The molecule has 0 aliphatic heterocycles. The molecule has 0 aliphatic rings. The van der Waals surface area contributed by atoms with Crippen LogP contribution in [-0.2, 0) is 6.54 Å². The molecular formula is C15H12ClF2NO. The quantitative estimate of drug-likeness (QED) is 0.915. The number of benzene rings is 2. The summed E-state index contributed by atoms with van der Waals surface area (Å²) in [5, 5.41) is 2.55. The molecule has 0 saturated carbocycles. The summed E-state index contributed by atoms with van der Waals surface area (Å²) in [7, 11) is 0. The Kier molecular flexibility index (Phi) is 4.35. The third kappa shape index (κ3) is 3.33. The van der Waals surface area contributed by atoms with Crippen LogP contribution >= 0.6 is 11.6 Å². The summed E-state index contributed by atoms with van der Waals surface area (Å²) >= 11 is 5.64. The lowest BCUT2D eigenvalue weighted by Gasteiger charge is -2.07. The van der Waals surface area contributed by atoms with E-state index in [-0.39, 0.29) is 17.1 Å². The normalized spacial score (nSPS) is 10.4. The summed E-state index contributed by atoms with van der Waals surface area (Å²) in [4.78, 5) is 11.8. The van der Waals surface area contributed by atoms with E-state index in [1.54, 1.807) is 13.0 Å². The molecule has 2 nitrogen and oxygen atoms in total. The number of amides is 1. The van der Waals surface area contributed by atoms with Crippen molar-refractivity contribution in [1.82, 2.24) is 5.32 Å². The number of aryl methyl sites for hydroxylation is 1. The topological polar surface area (TPSA) is 29.1 Å². The Balaban J connectivity index is 2.06. The molecule has 1 amide bonds. The second-order valence-electron chi connectivity index (χ2n) is 4.41. The van der Waals surface area contributed by atoms with E-state index >= 15 is 0 Å². The predicted molar refractivity (Wildman–Crippen MR) is 73.7 cm³/mol. The van der Waals surface area contributed by atoms with Crippen LogP contribution < -0.4 is 5.32 Å². The molecule has 0 spiro atoms. The lowest BCUT2D eigenvalue weighted by molar-refractivity contribution is 0.0947. The molecule has 0 atom stereocenters. The second kappa shape index (κ2) is 6.01. The standard InChI is InChI=1S/C15H12ClF2NO/c1-9-2-4-11(14(18)6-9)15(20)19-8-10-3-5-13(17)12(16)7-10/h2-7H,8H2,1H3,(H,19,20). The molecule has 0 unspecified atom stereocenters. The maximum atomic E-state index is 13.6. The minimum atomic E-state index is -0.570. The average molecular weight is 296 g/mol. The highest BCUT2D eigenvalue weighted by Crippen LogP contribution is 2.16. The van der Waals surface area contributed by atoms with Crippen LogP contribution in [0.4, 0.5) is 8.78 Å². The Labute approximate surface area is 120 Å². The van der Waals surface area contributed by atoms with Gasteiger partial charge in [-0.3, -0.25) is 4.79 Å². The number of rotatable bonds is 3. The molecule has 0 bridgehead atoms. The zero-order chi connectivity index (χ0) is 14.7. The predicted octanol–water partition coefficient (Wildman–Crippen LogP) is 3.86. The molecule has 0 aliphatic carbocycles. The molecule has 0 fully saturated rings. The molecule has 1 N–H and O–H groups in total. The smallest absolute Gasteiger partial charge is 0.254 e. The first-order valence-electron chi connectivity index (χ1n) is 5.95. The first kappa shape index (κ1) is 14.5. The van der Waals surface area contributed by atoms with Gasteiger partial charge in [0.25, 0.3) is 5.91 Å². The van der Waals surface area contributed by atoms with Crippen LogP contribution in [0.15, 0.2) is 36.4 Å². The number of carbonyl (C=O) groups excluding carboxylic acids is 1. The van der Waals surface area contributed by atoms with Gasteiger partial charge in [0.1, 0.15) is 11.6 Å². The van der Waals surface area contributed by atoms with Crippen LogP contribution in [0.5, 0.6) is 0 Å². The van der Waals surface area contributed by atoms with Gasteiger partial charge >= 0.3 is 0 Å². The van der Waals surface area contributed by atoms with E-state index in [1.165, 1.54) is 30.3 Å². The van der Waals surface area contributed by atoms with Gasteiger partial charge in [-0.25, -0.2) is 8.78 Å². The van der Waals surface area contributed by atoms with E-state index in [1.807, 2.05) is 0 Å².